The Kier molecular flexibility index (Phi) is 4.80. The summed E-state index contributed by atoms with van der Waals surface area (Å²) in [7, 11) is 0. The Morgan fingerprint density at radius 3 is 1.77 bits per heavy atom. The predicted octanol–water partition coefficient (Wildman–Crippen LogP) is 0.320. The van der Waals surface area contributed by atoms with Crippen LogP contribution in [-0.4, -0.2) is 11.8 Å². The molecule has 2 amide bonds. The van der Waals surface area contributed by atoms with Gasteiger partial charge in [-0.3, -0.25) is 9.59 Å². The van der Waals surface area contributed by atoms with Gasteiger partial charge in [-0.05, 0) is 5.92 Å². The Bertz CT molecular complexity index is 214. The van der Waals surface area contributed by atoms with E-state index in [9.17, 15) is 9.59 Å². The molecule has 0 fully saturated rings. The zero-order valence-electron chi connectivity index (χ0n) is 8.04. The molecule has 0 aromatic rings. The summed E-state index contributed by atoms with van der Waals surface area (Å²) < 4.78 is 0. The van der Waals surface area contributed by atoms with Crippen LogP contribution in [0, 0.1) is 5.92 Å². The van der Waals surface area contributed by atoms with Gasteiger partial charge in [0.05, 0.1) is 0 Å². The van der Waals surface area contributed by atoms with Crippen molar-refractivity contribution < 1.29 is 9.59 Å². The summed E-state index contributed by atoms with van der Waals surface area (Å²) in [4.78, 5) is 21.2. The van der Waals surface area contributed by atoms with Gasteiger partial charge >= 0.3 is 0 Å². The topological polar surface area (TPSA) is 86.2 Å². The van der Waals surface area contributed by atoms with Crippen LogP contribution in [0.5, 0.6) is 0 Å². The van der Waals surface area contributed by atoms with Crippen molar-refractivity contribution in [2.24, 2.45) is 17.4 Å². The molecule has 4 nitrogen and oxygen atoms in total. The van der Waals surface area contributed by atoms with E-state index < -0.39 is 11.8 Å². The van der Waals surface area contributed by atoms with E-state index in [1.54, 1.807) is 0 Å². The minimum Gasteiger partial charge on any atom is -0.369 e. The highest BCUT2D eigenvalue weighted by Gasteiger charge is 2.06. The number of carbonyl (C=O) groups excluding carboxylic acids is 2. The molecule has 0 aromatic carbocycles. The van der Waals surface area contributed by atoms with E-state index in [1.165, 1.54) is 0 Å². The maximum Gasteiger partial charge on any atom is 0.221 e. The van der Waals surface area contributed by atoms with Crippen molar-refractivity contribution in [2.75, 3.05) is 0 Å². The Hall–Kier alpha value is -1.32. The molecule has 0 atom stereocenters. The molecular formula is C9H16N2O2. The predicted molar refractivity (Wildman–Crippen MR) is 50.5 cm³/mol. The summed E-state index contributed by atoms with van der Waals surface area (Å²) in [5.41, 5.74) is 10.7. The van der Waals surface area contributed by atoms with Crippen molar-refractivity contribution >= 4 is 11.8 Å². The number of nitrogens with two attached hydrogens (primary N) is 2. The van der Waals surface area contributed by atoms with Gasteiger partial charge < -0.3 is 11.5 Å². The molecular weight excluding hydrogens is 168 g/mol. The average molecular weight is 184 g/mol. The summed E-state index contributed by atoms with van der Waals surface area (Å²) >= 11 is 0. The van der Waals surface area contributed by atoms with E-state index in [0.717, 1.165) is 0 Å². The fourth-order valence-electron chi connectivity index (χ4n) is 1.10. The Balaban J connectivity index is 4.36. The number of primary amides is 2. The second-order valence-electron chi connectivity index (χ2n) is 3.36. The maximum absolute atomic E-state index is 10.6. The molecule has 0 heterocycles. The first-order valence-electron chi connectivity index (χ1n) is 4.18. The highest BCUT2D eigenvalue weighted by Crippen LogP contribution is 2.10. The summed E-state index contributed by atoms with van der Waals surface area (Å²) in [6.45, 7) is 3.92. The highest BCUT2D eigenvalue weighted by molar-refractivity contribution is 5.81. The first-order chi connectivity index (χ1) is 5.91. The molecule has 0 bridgehead atoms. The quantitative estimate of drug-likeness (QED) is 0.603. The smallest absolute Gasteiger partial charge is 0.221 e. The third-order valence-electron chi connectivity index (χ3n) is 1.37. The second kappa shape index (κ2) is 5.35. The van der Waals surface area contributed by atoms with E-state index >= 15 is 0 Å². The molecule has 0 radical (unpaired) electrons. The molecule has 13 heavy (non-hydrogen) atoms. The van der Waals surface area contributed by atoms with Crippen molar-refractivity contribution in [1.82, 2.24) is 0 Å². The van der Waals surface area contributed by atoms with Gasteiger partial charge in [-0.15, -0.1) is 0 Å². The van der Waals surface area contributed by atoms with Crippen LogP contribution in [0.1, 0.15) is 26.7 Å². The molecule has 0 unspecified atom stereocenters. The number of allylic oxidation sites excluding steroid dienone is 1. The number of hydrogen-bond acceptors (Lipinski definition) is 2. The van der Waals surface area contributed by atoms with E-state index in [1.807, 2.05) is 19.9 Å². The number of carbonyl (C=O) groups is 2. The van der Waals surface area contributed by atoms with Crippen LogP contribution in [0.2, 0.25) is 0 Å². The van der Waals surface area contributed by atoms with E-state index in [-0.39, 0.29) is 18.8 Å². The Labute approximate surface area is 78.0 Å². The Morgan fingerprint density at radius 1 is 1.15 bits per heavy atom. The van der Waals surface area contributed by atoms with Crippen LogP contribution in [0.4, 0.5) is 0 Å². The van der Waals surface area contributed by atoms with Crippen molar-refractivity contribution in [2.45, 2.75) is 26.7 Å². The van der Waals surface area contributed by atoms with Crippen LogP contribution < -0.4 is 11.5 Å². The van der Waals surface area contributed by atoms with E-state index in [2.05, 4.69) is 0 Å². The summed E-state index contributed by atoms with van der Waals surface area (Å²) in [6, 6.07) is 0. The van der Waals surface area contributed by atoms with Gasteiger partial charge in [-0.1, -0.05) is 25.5 Å². The molecule has 0 aliphatic rings. The highest BCUT2D eigenvalue weighted by atomic mass is 16.1. The summed E-state index contributed by atoms with van der Waals surface area (Å²) in [5, 5.41) is 0. The fraction of sp³-hybridized carbons (Fsp3) is 0.556. The molecule has 0 saturated heterocycles. The largest absolute Gasteiger partial charge is 0.369 e. The minimum atomic E-state index is -0.437. The molecule has 0 aliphatic heterocycles. The van der Waals surface area contributed by atoms with Gasteiger partial charge in [-0.2, -0.15) is 0 Å². The van der Waals surface area contributed by atoms with Gasteiger partial charge in [0.1, 0.15) is 0 Å². The summed E-state index contributed by atoms with van der Waals surface area (Å²) in [5.74, 6) is -0.588. The molecule has 0 aromatic heterocycles. The third-order valence-corrected chi connectivity index (χ3v) is 1.37. The van der Waals surface area contributed by atoms with Gasteiger partial charge in [-0.25, -0.2) is 0 Å². The Morgan fingerprint density at radius 2 is 1.54 bits per heavy atom. The lowest BCUT2D eigenvalue weighted by atomic mass is 10.0. The molecule has 0 aliphatic carbocycles. The van der Waals surface area contributed by atoms with Gasteiger partial charge in [0, 0.05) is 12.8 Å². The molecule has 4 N–H and O–H groups in total. The summed E-state index contributed by atoms with van der Waals surface area (Å²) in [6.07, 6.45) is 2.07. The number of amides is 2. The lowest BCUT2D eigenvalue weighted by Crippen LogP contribution is -2.16. The molecule has 0 spiro atoms. The van der Waals surface area contributed by atoms with Gasteiger partial charge in [0.25, 0.3) is 0 Å². The van der Waals surface area contributed by atoms with Crippen LogP contribution in [0.25, 0.3) is 0 Å². The number of hydrogen-bond donors (Lipinski definition) is 2. The standard InChI is InChI=1S/C9H16N2O2/c1-6(2)3-7(4-8(10)12)5-9(11)13/h3,6H,4-5H2,1-2H3,(H2,10,12)(H2,11,13). The van der Waals surface area contributed by atoms with Crippen molar-refractivity contribution in [3.05, 3.63) is 11.6 Å². The van der Waals surface area contributed by atoms with Crippen LogP contribution in [0.15, 0.2) is 11.6 Å². The van der Waals surface area contributed by atoms with E-state index in [0.29, 0.717) is 5.57 Å². The molecule has 74 valence electrons. The van der Waals surface area contributed by atoms with Crippen molar-refractivity contribution in [3.63, 3.8) is 0 Å². The molecule has 4 heteroatoms. The molecule has 0 rings (SSSR count). The first-order valence-corrected chi connectivity index (χ1v) is 4.18. The monoisotopic (exact) mass is 184 g/mol. The number of rotatable bonds is 5. The molecule has 0 saturated carbocycles. The van der Waals surface area contributed by atoms with Crippen molar-refractivity contribution in [3.8, 4) is 0 Å². The fourth-order valence-corrected chi connectivity index (χ4v) is 1.10. The maximum atomic E-state index is 10.6. The normalized spacial score (nSPS) is 9.77. The SMILES string of the molecule is CC(C)C=C(CC(N)=O)CC(N)=O. The van der Waals surface area contributed by atoms with E-state index in [4.69, 9.17) is 11.5 Å². The third kappa shape index (κ3) is 7.05. The average Bonchev–Trinajstić information content (AvgIpc) is 1.80. The lowest BCUT2D eigenvalue weighted by molar-refractivity contribution is -0.117. The van der Waals surface area contributed by atoms with Crippen molar-refractivity contribution in [1.29, 1.82) is 0 Å². The first kappa shape index (κ1) is 11.7. The van der Waals surface area contributed by atoms with Gasteiger partial charge in [0.2, 0.25) is 11.8 Å². The van der Waals surface area contributed by atoms with Crippen LogP contribution in [0.3, 0.4) is 0 Å². The van der Waals surface area contributed by atoms with Crippen LogP contribution >= 0.6 is 0 Å². The van der Waals surface area contributed by atoms with Gasteiger partial charge in [0.15, 0.2) is 0 Å². The second-order valence-corrected chi connectivity index (χ2v) is 3.36. The zero-order valence-corrected chi connectivity index (χ0v) is 8.04. The zero-order chi connectivity index (χ0) is 10.4. The lowest BCUT2D eigenvalue weighted by Gasteiger charge is -2.04. The van der Waals surface area contributed by atoms with Crippen LogP contribution in [-0.2, 0) is 9.59 Å². The minimum absolute atomic E-state index is 0.112.